The Morgan fingerprint density at radius 2 is 1.83 bits per heavy atom. The first kappa shape index (κ1) is 13.2. The van der Waals surface area contributed by atoms with Gasteiger partial charge in [0.1, 0.15) is 11.6 Å². The van der Waals surface area contributed by atoms with Crippen LogP contribution in [-0.4, -0.2) is 5.78 Å². The fourth-order valence-electron chi connectivity index (χ4n) is 1.47. The minimum absolute atomic E-state index is 0.0282. The largest absolute Gasteiger partial charge is 0.289 e. The van der Waals surface area contributed by atoms with Crippen LogP contribution >= 0.6 is 27.5 Å². The third-order valence-corrected chi connectivity index (χ3v) is 3.28. The van der Waals surface area contributed by atoms with Gasteiger partial charge < -0.3 is 0 Å². The van der Waals surface area contributed by atoms with Gasteiger partial charge in [0.05, 0.1) is 9.50 Å². The van der Waals surface area contributed by atoms with E-state index in [0.29, 0.717) is 0 Å². The Balaban J connectivity index is 2.44. The molecule has 2 aromatic carbocycles. The molecule has 0 bridgehead atoms. The second kappa shape index (κ2) is 5.16. The number of ketones is 1. The molecule has 92 valence electrons. The fraction of sp³-hybridized carbons (Fsp3) is 0. The van der Waals surface area contributed by atoms with Crippen molar-refractivity contribution in [1.29, 1.82) is 0 Å². The van der Waals surface area contributed by atoms with Crippen molar-refractivity contribution in [2.75, 3.05) is 0 Å². The van der Waals surface area contributed by atoms with Gasteiger partial charge in [0, 0.05) is 11.1 Å². The van der Waals surface area contributed by atoms with Crippen molar-refractivity contribution in [2.45, 2.75) is 0 Å². The summed E-state index contributed by atoms with van der Waals surface area (Å²) < 4.78 is 26.1. The van der Waals surface area contributed by atoms with Gasteiger partial charge in [-0.2, -0.15) is 0 Å². The summed E-state index contributed by atoms with van der Waals surface area (Å²) in [6, 6.07) is 7.40. The average molecular weight is 332 g/mol. The number of rotatable bonds is 2. The lowest BCUT2D eigenvalue weighted by Crippen LogP contribution is -2.03. The van der Waals surface area contributed by atoms with E-state index in [4.69, 9.17) is 11.6 Å². The first-order valence-corrected chi connectivity index (χ1v) is 6.11. The number of carbonyl (C=O) groups is 1. The van der Waals surface area contributed by atoms with E-state index in [1.54, 1.807) is 0 Å². The van der Waals surface area contributed by atoms with Gasteiger partial charge in [0.25, 0.3) is 0 Å². The lowest BCUT2D eigenvalue weighted by atomic mass is 10.0. The van der Waals surface area contributed by atoms with E-state index in [9.17, 15) is 13.6 Å². The van der Waals surface area contributed by atoms with E-state index in [1.807, 2.05) is 0 Å². The van der Waals surface area contributed by atoms with Crippen molar-refractivity contribution in [3.05, 3.63) is 68.7 Å². The molecular weight excluding hydrogens is 325 g/mol. The number of benzene rings is 2. The quantitative estimate of drug-likeness (QED) is 0.734. The second-order valence-electron chi connectivity index (χ2n) is 3.58. The minimum Gasteiger partial charge on any atom is -0.289 e. The van der Waals surface area contributed by atoms with Crippen molar-refractivity contribution in [2.24, 2.45) is 0 Å². The van der Waals surface area contributed by atoms with Crippen LogP contribution in [0.5, 0.6) is 0 Å². The Kier molecular flexibility index (Phi) is 3.78. The normalized spacial score (nSPS) is 10.4. The fourth-order valence-corrected chi connectivity index (χ4v) is 2.10. The summed E-state index contributed by atoms with van der Waals surface area (Å²) >= 11 is 8.80. The zero-order valence-corrected chi connectivity index (χ0v) is 11.2. The SMILES string of the molecule is O=C(c1ccc(F)c(Br)c1)c1ccc(F)cc1Cl. The third-order valence-electron chi connectivity index (χ3n) is 2.36. The Labute approximate surface area is 116 Å². The maximum absolute atomic E-state index is 13.1. The van der Waals surface area contributed by atoms with Crippen molar-refractivity contribution in [3.63, 3.8) is 0 Å². The highest BCUT2D eigenvalue weighted by molar-refractivity contribution is 9.10. The van der Waals surface area contributed by atoms with Gasteiger partial charge in [-0.25, -0.2) is 8.78 Å². The molecule has 5 heteroatoms. The van der Waals surface area contributed by atoms with Gasteiger partial charge in [-0.3, -0.25) is 4.79 Å². The molecule has 0 heterocycles. The molecule has 0 saturated heterocycles. The molecule has 2 rings (SSSR count). The van der Waals surface area contributed by atoms with E-state index < -0.39 is 11.6 Å². The number of halogens is 4. The summed E-state index contributed by atoms with van der Waals surface area (Å²) in [6.07, 6.45) is 0. The molecule has 0 spiro atoms. The van der Waals surface area contributed by atoms with Crippen LogP contribution in [0.15, 0.2) is 40.9 Å². The van der Waals surface area contributed by atoms with Crippen LogP contribution in [-0.2, 0) is 0 Å². The predicted octanol–water partition coefficient (Wildman–Crippen LogP) is 4.61. The first-order chi connectivity index (χ1) is 8.49. The molecular formula is C13H6BrClF2O. The summed E-state index contributed by atoms with van der Waals surface area (Å²) in [4.78, 5) is 12.1. The van der Waals surface area contributed by atoms with Crippen LogP contribution in [0.4, 0.5) is 8.78 Å². The monoisotopic (exact) mass is 330 g/mol. The van der Waals surface area contributed by atoms with Gasteiger partial charge in [0.2, 0.25) is 0 Å². The van der Waals surface area contributed by atoms with E-state index in [2.05, 4.69) is 15.9 Å². The molecule has 0 aliphatic heterocycles. The zero-order chi connectivity index (χ0) is 13.3. The topological polar surface area (TPSA) is 17.1 Å². The van der Waals surface area contributed by atoms with Gasteiger partial charge in [-0.15, -0.1) is 0 Å². The van der Waals surface area contributed by atoms with Crippen molar-refractivity contribution < 1.29 is 13.6 Å². The van der Waals surface area contributed by atoms with Crippen LogP contribution in [0.25, 0.3) is 0 Å². The molecule has 0 amide bonds. The smallest absolute Gasteiger partial charge is 0.194 e. The summed E-state index contributed by atoms with van der Waals surface area (Å²) in [5.41, 5.74) is 0.452. The molecule has 0 aliphatic rings. The van der Waals surface area contributed by atoms with E-state index in [1.165, 1.54) is 24.3 Å². The lowest BCUT2D eigenvalue weighted by Gasteiger charge is -2.04. The highest BCUT2D eigenvalue weighted by Gasteiger charge is 2.14. The second-order valence-corrected chi connectivity index (χ2v) is 4.84. The van der Waals surface area contributed by atoms with Crippen molar-refractivity contribution in [1.82, 2.24) is 0 Å². The molecule has 0 atom stereocenters. The molecule has 0 N–H and O–H groups in total. The van der Waals surface area contributed by atoms with Gasteiger partial charge in [-0.1, -0.05) is 11.6 Å². The van der Waals surface area contributed by atoms with E-state index >= 15 is 0 Å². The maximum Gasteiger partial charge on any atom is 0.194 e. The standard InChI is InChI=1S/C13H6BrClF2O/c14-10-5-7(1-4-12(10)17)13(18)9-3-2-8(16)6-11(9)15/h1-6H. The summed E-state index contributed by atoms with van der Waals surface area (Å²) in [6.45, 7) is 0. The third kappa shape index (κ3) is 2.60. The van der Waals surface area contributed by atoms with Crippen LogP contribution in [0, 0.1) is 11.6 Å². The predicted molar refractivity (Wildman–Crippen MR) is 68.9 cm³/mol. The first-order valence-electron chi connectivity index (χ1n) is 4.94. The van der Waals surface area contributed by atoms with Gasteiger partial charge in [-0.05, 0) is 52.3 Å². The maximum atomic E-state index is 13.1. The average Bonchev–Trinajstić information content (AvgIpc) is 2.32. The highest BCUT2D eigenvalue weighted by Crippen LogP contribution is 2.23. The van der Waals surface area contributed by atoms with Crippen LogP contribution in [0.1, 0.15) is 15.9 Å². The summed E-state index contributed by atoms with van der Waals surface area (Å²) in [5.74, 6) is -1.37. The Morgan fingerprint density at radius 1 is 1.11 bits per heavy atom. The molecule has 2 aromatic rings. The van der Waals surface area contributed by atoms with E-state index in [-0.39, 0.29) is 26.4 Å². The van der Waals surface area contributed by atoms with Crippen molar-refractivity contribution in [3.8, 4) is 0 Å². The number of hydrogen-bond donors (Lipinski definition) is 0. The molecule has 0 aromatic heterocycles. The van der Waals surface area contributed by atoms with Gasteiger partial charge >= 0.3 is 0 Å². The summed E-state index contributed by atoms with van der Waals surface area (Å²) in [7, 11) is 0. The van der Waals surface area contributed by atoms with Crippen molar-refractivity contribution >= 4 is 33.3 Å². The lowest BCUT2D eigenvalue weighted by molar-refractivity contribution is 0.103. The minimum atomic E-state index is -0.517. The molecule has 0 unspecified atom stereocenters. The molecule has 18 heavy (non-hydrogen) atoms. The Morgan fingerprint density at radius 3 is 2.44 bits per heavy atom. The van der Waals surface area contributed by atoms with E-state index in [0.717, 1.165) is 12.1 Å². The molecule has 0 fully saturated rings. The molecule has 1 nitrogen and oxygen atoms in total. The Bertz CT molecular complexity index is 628. The van der Waals surface area contributed by atoms with Gasteiger partial charge in [0.15, 0.2) is 5.78 Å². The van der Waals surface area contributed by atoms with Crippen LogP contribution in [0.2, 0.25) is 5.02 Å². The zero-order valence-electron chi connectivity index (χ0n) is 8.88. The van der Waals surface area contributed by atoms with Crippen LogP contribution in [0.3, 0.4) is 0 Å². The Hall–Kier alpha value is -1.26. The molecule has 0 aliphatic carbocycles. The molecule has 0 radical (unpaired) electrons. The highest BCUT2D eigenvalue weighted by atomic mass is 79.9. The number of hydrogen-bond acceptors (Lipinski definition) is 1. The summed E-state index contributed by atoms with van der Waals surface area (Å²) in [5, 5.41) is 0.0282. The molecule has 0 saturated carbocycles. The van der Waals surface area contributed by atoms with Crippen LogP contribution < -0.4 is 0 Å². The number of carbonyl (C=O) groups excluding carboxylic acids is 1.